The lowest BCUT2D eigenvalue weighted by Gasteiger charge is -2.15. The van der Waals surface area contributed by atoms with E-state index in [4.69, 9.17) is 4.74 Å². The molecule has 0 bridgehead atoms. The Morgan fingerprint density at radius 3 is 2.58 bits per heavy atom. The molecular weight excluding hydrogens is 338 g/mol. The molecule has 2 aromatic carbocycles. The average molecular weight is 352 g/mol. The van der Waals surface area contributed by atoms with E-state index in [1.807, 2.05) is 12.1 Å². The molecule has 26 heavy (non-hydrogen) atoms. The zero-order chi connectivity index (χ0) is 18.3. The molecule has 3 aromatic rings. The van der Waals surface area contributed by atoms with Crippen molar-refractivity contribution in [3.63, 3.8) is 0 Å². The third-order valence-electron chi connectivity index (χ3n) is 4.40. The molecule has 0 fully saturated rings. The minimum atomic E-state index is -0.701. The van der Waals surface area contributed by atoms with E-state index in [1.165, 1.54) is 19.2 Å². The molecule has 0 radical (unpaired) electrons. The van der Waals surface area contributed by atoms with Gasteiger partial charge in [-0.15, -0.1) is 0 Å². The lowest BCUT2D eigenvalue weighted by molar-refractivity contribution is 0.0966. The number of ether oxygens (including phenoxy) is 1. The standard InChI is InChI=1S/C20H14F2N2O2/c1-26-20-14(3-2-6-23-20)16-7-11-10-24-19(25)15(11)9-17(16)13-5-4-12(21)8-18(13)22/h2-9H,10H2,1H3,(H,24,25). The lowest BCUT2D eigenvalue weighted by Crippen LogP contribution is -2.12. The van der Waals surface area contributed by atoms with Crippen LogP contribution < -0.4 is 10.1 Å². The predicted molar refractivity (Wildman–Crippen MR) is 92.7 cm³/mol. The number of benzene rings is 2. The monoisotopic (exact) mass is 352 g/mol. The van der Waals surface area contributed by atoms with Crippen LogP contribution in [0.4, 0.5) is 8.78 Å². The SMILES string of the molecule is COc1ncccc1-c1cc2c(cc1-c1ccc(F)cc1F)C(=O)NC2. The van der Waals surface area contributed by atoms with Crippen molar-refractivity contribution in [1.82, 2.24) is 10.3 Å². The maximum atomic E-state index is 14.5. The summed E-state index contributed by atoms with van der Waals surface area (Å²) in [6.45, 7) is 0.399. The van der Waals surface area contributed by atoms with Gasteiger partial charge in [-0.25, -0.2) is 13.8 Å². The fourth-order valence-electron chi connectivity index (χ4n) is 3.18. The number of nitrogens with one attached hydrogen (secondary N) is 1. The van der Waals surface area contributed by atoms with E-state index in [0.29, 0.717) is 34.7 Å². The van der Waals surface area contributed by atoms with E-state index in [0.717, 1.165) is 11.6 Å². The largest absolute Gasteiger partial charge is 0.481 e. The first kappa shape index (κ1) is 16.2. The Bertz CT molecular complexity index is 1030. The number of hydrogen-bond acceptors (Lipinski definition) is 3. The van der Waals surface area contributed by atoms with Gasteiger partial charge >= 0.3 is 0 Å². The molecule has 1 aromatic heterocycles. The summed E-state index contributed by atoms with van der Waals surface area (Å²) in [5.41, 5.74) is 3.29. The van der Waals surface area contributed by atoms with Crippen LogP contribution in [0.5, 0.6) is 5.88 Å². The fraction of sp³-hybridized carbons (Fsp3) is 0.100. The van der Waals surface area contributed by atoms with Gasteiger partial charge in [0.05, 0.1) is 7.11 Å². The quantitative estimate of drug-likeness (QED) is 0.777. The first-order valence-electron chi connectivity index (χ1n) is 7.98. The molecule has 130 valence electrons. The van der Waals surface area contributed by atoms with E-state index in [-0.39, 0.29) is 11.5 Å². The predicted octanol–water partition coefficient (Wildman–Crippen LogP) is 3.95. The molecule has 1 aliphatic heterocycles. The Labute approximate surface area is 148 Å². The van der Waals surface area contributed by atoms with E-state index in [2.05, 4.69) is 10.3 Å². The van der Waals surface area contributed by atoms with Crippen molar-refractivity contribution in [2.75, 3.05) is 7.11 Å². The Morgan fingerprint density at radius 2 is 1.81 bits per heavy atom. The maximum absolute atomic E-state index is 14.5. The molecule has 1 aliphatic rings. The Balaban J connectivity index is 2.03. The molecule has 0 saturated heterocycles. The van der Waals surface area contributed by atoms with E-state index < -0.39 is 11.6 Å². The minimum absolute atomic E-state index is 0.204. The van der Waals surface area contributed by atoms with Crippen LogP contribution in [0.3, 0.4) is 0 Å². The van der Waals surface area contributed by atoms with E-state index in [9.17, 15) is 13.6 Å². The molecule has 0 unspecified atom stereocenters. The highest BCUT2D eigenvalue weighted by Crippen LogP contribution is 2.40. The third-order valence-corrected chi connectivity index (χ3v) is 4.40. The van der Waals surface area contributed by atoms with Gasteiger partial charge in [0.25, 0.3) is 5.91 Å². The summed E-state index contributed by atoms with van der Waals surface area (Å²) >= 11 is 0. The Morgan fingerprint density at radius 1 is 1.00 bits per heavy atom. The molecule has 0 atom stereocenters. The van der Waals surface area contributed by atoms with Crippen LogP contribution in [0, 0.1) is 11.6 Å². The fourth-order valence-corrected chi connectivity index (χ4v) is 3.18. The molecule has 1 amide bonds. The Hall–Kier alpha value is -3.28. The highest BCUT2D eigenvalue weighted by Gasteiger charge is 2.24. The van der Waals surface area contributed by atoms with Gasteiger partial charge in [0.15, 0.2) is 0 Å². The van der Waals surface area contributed by atoms with Crippen LogP contribution in [0.1, 0.15) is 15.9 Å². The maximum Gasteiger partial charge on any atom is 0.251 e. The summed E-state index contributed by atoms with van der Waals surface area (Å²) in [7, 11) is 1.50. The Kier molecular flexibility index (Phi) is 3.88. The van der Waals surface area contributed by atoms with E-state index >= 15 is 0 Å². The number of halogens is 2. The zero-order valence-corrected chi connectivity index (χ0v) is 13.8. The lowest BCUT2D eigenvalue weighted by atomic mass is 9.90. The number of carbonyl (C=O) groups excluding carboxylic acids is 1. The topological polar surface area (TPSA) is 51.2 Å². The van der Waals surface area contributed by atoms with Crippen LogP contribution in [0.2, 0.25) is 0 Å². The second kappa shape index (κ2) is 6.22. The molecule has 6 heteroatoms. The van der Waals surface area contributed by atoms with Gasteiger partial charge in [-0.05, 0) is 53.1 Å². The van der Waals surface area contributed by atoms with Crippen molar-refractivity contribution in [3.8, 4) is 28.1 Å². The van der Waals surface area contributed by atoms with Crippen molar-refractivity contribution < 1.29 is 18.3 Å². The van der Waals surface area contributed by atoms with Gasteiger partial charge in [-0.3, -0.25) is 4.79 Å². The molecule has 4 rings (SSSR count). The van der Waals surface area contributed by atoms with Crippen molar-refractivity contribution in [2.45, 2.75) is 6.54 Å². The van der Waals surface area contributed by atoms with Crippen LogP contribution in [0.25, 0.3) is 22.3 Å². The average Bonchev–Trinajstić information content (AvgIpc) is 3.01. The normalized spacial score (nSPS) is 12.7. The number of pyridine rings is 1. The number of carbonyl (C=O) groups is 1. The number of nitrogens with zero attached hydrogens (tertiary/aromatic N) is 1. The van der Waals surface area contributed by atoms with Crippen LogP contribution in [-0.2, 0) is 6.54 Å². The van der Waals surface area contributed by atoms with Crippen molar-refractivity contribution >= 4 is 5.91 Å². The highest BCUT2D eigenvalue weighted by molar-refractivity contribution is 6.02. The molecule has 0 saturated carbocycles. The third kappa shape index (κ3) is 2.60. The van der Waals surface area contributed by atoms with Gasteiger partial charge in [0.1, 0.15) is 11.6 Å². The van der Waals surface area contributed by atoms with Gasteiger partial charge in [0, 0.05) is 35.5 Å². The van der Waals surface area contributed by atoms with Crippen molar-refractivity contribution in [3.05, 3.63) is 71.4 Å². The minimum Gasteiger partial charge on any atom is -0.481 e. The summed E-state index contributed by atoms with van der Waals surface area (Å²) in [6, 6.07) is 10.4. The van der Waals surface area contributed by atoms with Gasteiger partial charge in [-0.2, -0.15) is 0 Å². The van der Waals surface area contributed by atoms with Gasteiger partial charge in [0.2, 0.25) is 5.88 Å². The summed E-state index contributed by atoms with van der Waals surface area (Å²) in [6.07, 6.45) is 1.60. The van der Waals surface area contributed by atoms with Crippen molar-refractivity contribution in [2.24, 2.45) is 0 Å². The molecule has 2 heterocycles. The second-order valence-corrected chi connectivity index (χ2v) is 5.92. The number of amides is 1. The number of fused-ring (bicyclic) bond motifs is 1. The van der Waals surface area contributed by atoms with Crippen LogP contribution in [0.15, 0.2) is 48.7 Å². The zero-order valence-electron chi connectivity index (χ0n) is 13.8. The summed E-state index contributed by atoms with van der Waals surface area (Å²) in [4.78, 5) is 16.3. The summed E-state index contributed by atoms with van der Waals surface area (Å²) < 4.78 is 33.2. The van der Waals surface area contributed by atoms with E-state index in [1.54, 1.807) is 18.3 Å². The first-order chi connectivity index (χ1) is 12.6. The molecule has 1 N–H and O–H groups in total. The molecule has 4 nitrogen and oxygen atoms in total. The summed E-state index contributed by atoms with van der Waals surface area (Å²) in [5.74, 6) is -1.19. The number of aromatic nitrogens is 1. The molecule has 0 spiro atoms. The van der Waals surface area contributed by atoms with Gasteiger partial charge in [-0.1, -0.05) is 0 Å². The molecular formula is C20H14F2N2O2. The number of hydrogen-bond donors (Lipinski definition) is 1. The first-order valence-corrected chi connectivity index (χ1v) is 7.98. The van der Waals surface area contributed by atoms with Gasteiger partial charge < -0.3 is 10.1 Å². The smallest absolute Gasteiger partial charge is 0.251 e. The number of rotatable bonds is 3. The van der Waals surface area contributed by atoms with Crippen LogP contribution >= 0.6 is 0 Å². The summed E-state index contributed by atoms with van der Waals surface area (Å²) in [5, 5.41) is 2.76. The second-order valence-electron chi connectivity index (χ2n) is 5.92. The van der Waals surface area contributed by atoms with Crippen LogP contribution in [-0.4, -0.2) is 18.0 Å². The molecule has 0 aliphatic carbocycles. The number of methoxy groups -OCH3 is 1. The highest BCUT2D eigenvalue weighted by atomic mass is 19.1. The van der Waals surface area contributed by atoms with Crippen molar-refractivity contribution in [1.29, 1.82) is 0 Å².